The molecule has 0 fully saturated rings. The minimum absolute atomic E-state index is 0. The van der Waals surface area contributed by atoms with Crippen molar-refractivity contribution in [1.82, 2.24) is 0 Å². The molecular formula is C47H58Cl2Hf. The van der Waals surface area contributed by atoms with E-state index in [2.05, 4.69) is 180 Å². The molecule has 264 valence electrons. The van der Waals surface area contributed by atoms with E-state index in [9.17, 15) is 0 Å². The molecule has 0 saturated carbocycles. The molecule has 0 aromatic heterocycles. The summed E-state index contributed by atoms with van der Waals surface area (Å²) in [7, 11) is 0. The first-order chi connectivity index (χ1) is 22.3. The minimum Gasteiger partial charge on any atom is -0.147 e. The predicted molar refractivity (Wildman–Crippen MR) is 222 cm³/mol. The summed E-state index contributed by atoms with van der Waals surface area (Å²) in [6.45, 7) is 28.2. The molecule has 0 atom stereocenters. The Morgan fingerprint density at radius 3 is 1.46 bits per heavy atom. The maximum atomic E-state index is 2.51. The fraction of sp³-hybridized carbons (Fsp3) is 0.383. The van der Waals surface area contributed by atoms with E-state index in [1.54, 1.807) is 21.0 Å². The van der Waals surface area contributed by atoms with Crippen molar-refractivity contribution < 1.29 is 21.0 Å². The van der Waals surface area contributed by atoms with Gasteiger partial charge in [-0.3, -0.25) is 0 Å². The molecule has 50 heavy (non-hydrogen) atoms. The summed E-state index contributed by atoms with van der Waals surface area (Å²) in [6, 6.07) is 31.7. The second-order valence-electron chi connectivity index (χ2n) is 18.3. The van der Waals surface area contributed by atoms with Crippen LogP contribution in [0, 0.1) is 0 Å². The Morgan fingerprint density at radius 1 is 0.540 bits per heavy atom. The largest absolute Gasteiger partial charge is 0.147 e. The van der Waals surface area contributed by atoms with Crippen LogP contribution in [-0.4, -0.2) is 3.26 Å². The molecule has 2 aliphatic rings. The molecule has 0 radical (unpaired) electrons. The second kappa shape index (κ2) is 14.6. The van der Waals surface area contributed by atoms with Gasteiger partial charge in [-0.05, 0) is 0 Å². The molecule has 2 aliphatic carbocycles. The Labute approximate surface area is 323 Å². The van der Waals surface area contributed by atoms with Gasteiger partial charge in [-0.15, -0.1) is 24.8 Å². The summed E-state index contributed by atoms with van der Waals surface area (Å²) in [4.78, 5) is 0. The van der Waals surface area contributed by atoms with E-state index in [4.69, 9.17) is 0 Å². The van der Waals surface area contributed by atoms with Crippen molar-refractivity contribution in [2.45, 2.75) is 118 Å². The average molecular weight is 872 g/mol. The molecule has 0 unspecified atom stereocenters. The topological polar surface area (TPSA) is 0 Å². The van der Waals surface area contributed by atoms with Crippen LogP contribution in [0.5, 0.6) is 0 Å². The zero-order valence-corrected chi connectivity index (χ0v) is 37.7. The zero-order valence-electron chi connectivity index (χ0n) is 32.5. The van der Waals surface area contributed by atoms with Gasteiger partial charge < -0.3 is 0 Å². The molecule has 6 rings (SSSR count). The van der Waals surface area contributed by atoms with Gasteiger partial charge in [-0.1, -0.05) is 0 Å². The Morgan fingerprint density at radius 2 is 1.02 bits per heavy atom. The van der Waals surface area contributed by atoms with E-state index in [-0.39, 0.29) is 46.5 Å². The van der Waals surface area contributed by atoms with Crippen LogP contribution in [0.2, 0.25) is 0 Å². The van der Waals surface area contributed by atoms with Gasteiger partial charge >= 0.3 is 301 Å². The third kappa shape index (κ3) is 8.01. The van der Waals surface area contributed by atoms with E-state index in [1.807, 2.05) is 0 Å². The summed E-state index contributed by atoms with van der Waals surface area (Å²) >= 11 is -3.09. The third-order valence-electron chi connectivity index (χ3n) is 10.4. The van der Waals surface area contributed by atoms with E-state index in [1.165, 1.54) is 44.5 Å². The Balaban J connectivity index is 0.00000281. The summed E-state index contributed by atoms with van der Waals surface area (Å²) in [5.41, 5.74) is 15.0. The quantitative estimate of drug-likeness (QED) is 0.158. The number of hydrogen-bond donors (Lipinski definition) is 0. The molecule has 3 heteroatoms. The van der Waals surface area contributed by atoms with Gasteiger partial charge in [0.05, 0.1) is 0 Å². The summed E-state index contributed by atoms with van der Waals surface area (Å²) in [5.74, 6) is 0. The van der Waals surface area contributed by atoms with Gasteiger partial charge in [-0.25, -0.2) is 0 Å². The standard InChI is InChI=1S/C21H25.C21H26.C5H5.2ClH.Hf/c1-20(2,3)16-7-9-18-14(12-16)11-15-13-17(21(4,5)6)8-10-19(15)18;1-20(2,3)18-11-7-16(8-12-18)15-17-9-13-19(14-10-17)21(4,5)6;1-2-4-5-3-1;;;/h7-10,12H,11H2,1-6H3;7-14H,1-6H3;1-3H,4H2;2*1H;. The van der Waals surface area contributed by atoms with Crippen LogP contribution >= 0.6 is 24.8 Å². The number of rotatable bonds is 4. The second-order valence-corrected chi connectivity index (χ2v) is 26.9. The van der Waals surface area contributed by atoms with E-state index in [0.717, 1.165) is 12.8 Å². The first-order valence-corrected chi connectivity index (χ1v) is 23.4. The van der Waals surface area contributed by atoms with Crippen LogP contribution in [0.15, 0.2) is 100 Å². The number of fused-ring (bicyclic) bond motifs is 3. The van der Waals surface area contributed by atoms with Crippen molar-refractivity contribution in [3.63, 3.8) is 0 Å². The predicted octanol–water partition coefficient (Wildman–Crippen LogP) is 12.6. The van der Waals surface area contributed by atoms with E-state index < -0.39 is 21.0 Å². The molecule has 0 aliphatic heterocycles. The van der Waals surface area contributed by atoms with Gasteiger partial charge in [0.1, 0.15) is 0 Å². The molecule has 0 nitrogen and oxygen atoms in total. The third-order valence-corrected chi connectivity index (χ3v) is 21.8. The first-order valence-electron chi connectivity index (χ1n) is 18.0. The molecule has 4 aromatic rings. The van der Waals surface area contributed by atoms with Crippen molar-refractivity contribution in [3.05, 3.63) is 145 Å². The normalized spacial score (nSPS) is 14.0. The molecule has 0 N–H and O–H groups in total. The van der Waals surface area contributed by atoms with E-state index >= 15 is 0 Å². The van der Waals surface area contributed by atoms with E-state index in [0.29, 0.717) is 0 Å². The summed E-state index contributed by atoms with van der Waals surface area (Å²) in [5, 5.41) is 0. The van der Waals surface area contributed by atoms with Crippen molar-refractivity contribution in [3.8, 4) is 11.1 Å². The number of allylic oxidation sites excluding steroid dienone is 4. The maximum Gasteiger partial charge on any atom is -0.147 e. The van der Waals surface area contributed by atoms with Crippen molar-refractivity contribution in [1.29, 1.82) is 0 Å². The Bertz CT molecular complexity index is 1900. The molecule has 0 heterocycles. The Kier molecular flexibility index (Phi) is 11.8. The van der Waals surface area contributed by atoms with Crippen LogP contribution in [0.1, 0.15) is 134 Å². The summed E-state index contributed by atoms with van der Waals surface area (Å²) in [6.07, 6.45) is 9.32. The Hall–Kier alpha value is -2.32. The van der Waals surface area contributed by atoms with Gasteiger partial charge in [0, 0.05) is 0 Å². The smallest absolute Gasteiger partial charge is 0.147 e. The molecule has 0 spiro atoms. The fourth-order valence-electron chi connectivity index (χ4n) is 7.46. The fourth-order valence-corrected chi connectivity index (χ4v) is 20.5. The van der Waals surface area contributed by atoms with Gasteiger partial charge in [0.25, 0.3) is 0 Å². The number of benzene rings is 4. The van der Waals surface area contributed by atoms with Crippen LogP contribution in [0.25, 0.3) is 11.1 Å². The van der Waals surface area contributed by atoms with Crippen molar-refractivity contribution in [2.24, 2.45) is 0 Å². The van der Waals surface area contributed by atoms with Crippen LogP contribution in [0.4, 0.5) is 0 Å². The van der Waals surface area contributed by atoms with Crippen molar-refractivity contribution >= 4 is 31.4 Å². The summed E-state index contributed by atoms with van der Waals surface area (Å²) < 4.78 is 5.05. The van der Waals surface area contributed by atoms with Crippen molar-refractivity contribution in [2.75, 3.05) is 0 Å². The zero-order chi connectivity index (χ0) is 34.8. The number of hydrogen-bond acceptors (Lipinski definition) is 0. The van der Waals surface area contributed by atoms with Crippen LogP contribution < -0.4 is 3.32 Å². The molecule has 0 bridgehead atoms. The van der Waals surface area contributed by atoms with Gasteiger partial charge in [0.2, 0.25) is 0 Å². The monoisotopic (exact) mass is 872 g/mol. The van der Waals surface area contributed by atoms with Crippen LogP contribution in [0.3, 0.4) is 0 Å². The maximum absolute atomic E-state index is 3.09. The minimum atomic E-state index is -3.09. The first kappa shape index (κ1) is 40.5. The number of halogens is 2. The van der Waals surface area contributed by atoms with Gasteiger partial charge in [-0.2, -0.15) is 0 Å². The average Bonchev–Trinajstić information content (AvgIpc) is 3.66. The molecular weight excluding hydrogens is 814 g/mol. The SMILES string of the molecule is CC(C)(C)c1ccc([C](c2ccc(C(C)(C)C)cc2)=[Hf]([C]2=CC=CC2)[c]2c(C(C)(C)C)ccc3c2Cc2cc(C(C)(C)C)ccc2-3)cc1.Cl.Cl. The molecule has 0 amide bonds. The van der Waals surface area contributed by atoms with Gasteiger partial charge in [0.15, 0.2) is 0 Å². The molecule has 0 saturated heterocycles. The van der Waals surface area contributed by atoms with Crippen LogP contribution in [-0.2, 0) is 49.0 Å². The molecule has 4 aromatic carbocycles.